The molecule has 1 aromatic rings. The van der Waals surface area contributed by atoms with Crippen LogP contribution in [0.3, 0.4) is 0 Å². The average molecular weight is 346 g/mol. The lowest BCUT2D eigenvalue weighted by Crippen LogP contribution is -2.52. The van der Waals surface area contributed by atoms with Gasteiger partial charge in [-0.05, 0) is 17.5 Å². The zero-order valence-corrected chi connectivity index (χ0v) is 13.8. The standard InChI is InChI=1S/C17H22N4O4/c18-12(9-22)7-19-6-10-2-1-3-11-8-21(17(25)15(10)11)13-4-5-14(23)20-16(13)24/h1-3,12-13,19,22H,4-9,18H2,(H,20,23,24)/t12-,13?/m0/s1. The zero-order chi connectivity index (χ0) is 18.0. The van der Waals surface area contributed by atoms with Crippen molar-refractivity contribution < 1.29 is 19.5 Å². The number of fused-ring (bicyclic) bond motifs is 1. The predicted molar refractivity (Wildman–Crippen MR) is 89.3 cm³/mol. The van der Waals surface area contributed by atoms with Crippen molar-refractivity contribution in [2.75, 3.05) is 13.2 Å². The van der Waals surface area contributed by atoms with E-state index in [1.165, 1.54) is 4.90 Å². The molecule has 3 rings (SSSR count). The Morgan fingerprint density at radius 2 is 2.16 bits per heavy atom. The molecule has 2 aliphatic rings. The fourth-order valence-corrected chi connectivity index (χ4v) is 3.29. The number of amides is 3. The van der Waals surface area contributed by atoms with E-state index in [2.05, 4.69) is 10.6 Å². The molecule has 0 bridgehead atoms. The van der Waals surface area contributed by atoms with Gasteiger partial charge in [0.05, 0.1) is 6.61 Å². The Kier molecular flexibility index (Phi) is 5.12. The number of nitrogens with one attached hydrogen (secondary N) is 2. The number of nitrogens with two attached hydrogens (primary N) is 1. The summed E-state index contributed by atoms with van der Waals surface area (Å²) in [5, 5.41) is 14.4. The lowest BCUT2D eigenvalue weighted by Gasteiger charge is -2.29. The second-order valence-corrected chi connectivity index (χ2v) is 6.42. The molecular weight excluding hydrogens is 324 g/mol. The third kappa shape index (κ3) is 3.55. The van der Waals surface area contributed by atoms with Gasteiger partial charge >= 0.3 is 0 Å². The van der Waals surface area contributed by atoms with Crippen LogP contribution in [0, 0.1) is 0 Å². The highest BCUT2D eigenvalue weighted by molar-refractivity contribution is 6.05. The lowest BCUT2D eigenvalue weighted by atomic mass is 10.0. The summed E-state index contributed by atoms with van der Waals surface area (Å²) in [5.41, 5.74) is 7.98. The predicted octanol–water partition coefficient (Wildman–Crippen LogP) is -1.14. The maximum atomic E-state index is 12.9. The summed E-state index contributed by atoms with van der Waals surface area (Å²) >= 11 is 0. The molecule has 2 atom stereocenters. The summed E-state index contributed by atoms with van der Waals surface area (Å²) in [6, 6.07) is 4.65. The molecular formula is C17H22N4O4. The van der Waals surface area contributed by atoms with Gasteiger partial charge in [-0.2, -0.15) is 0 Å². The summed E-state index contributed by atoms with van der Waals surface area (Å²) in [4.78, 5) is 37.8. The van der Waals surface area contributed by atoms with Crippen molar-refractivity contribution in [3.05, 3.63) is 34.9 Å². The molecule has 5 N–H and O–H groups in total. The van der Waals surface area contributed by atoms with Crippen LogP contribution in [0.5, 0.6) is 0 Å². The van der Waals surface area contributed by atoms with E-state index in [4.69, 9.17) is 10.8 Å². The van der Waals surface area contributed by atoms with E-state index in [0.717, 1.165) is 11.1 Å². The molecule has 25 heavy (non-hydrogen) atoms. The Labute approximate surface area is 145 Å². The van der Waals surface area contributed by atoms with E-state index in [9.17, 15) is 14.4 Å². The number of hydrogen-bond donors (Lipinski definition) is 4. The van der Waals surface area contributed by atoms with Crippen LogP contribution in [0.2, 0.25) is 0 Å². The van der Waals surface area contributed by atoms with Crippen molar-refractivity contribution >= 4 is 17.7 Å². The van der Waals surface area contributed by atoms with E-state index >= 15 is 0 Å². The number of carbonyl (C=O) groups excluding carboxylic acids is 3. The first-order valence-electron chi connectivity index (χ1n) is 8.34. The van der Waals surface area contributed by atoms with Gasteiger partial charge in [-0.15, -0.1) is 0 Å². The highest BCUT2D eigenvalue weighted by Crippen LogP contribution is 2.29. The number of hydrogen-bond acceptors (Lipinski definition) is 6. The average Bonchev–Trinajstić information content (AvgIpc) is 2.92. The van der Waals surface area contributed by atoms with Gasteiger partial charge in [0, 0.05) is 37.7 Å². The normalized spacial score (nSPS) is 21.3. The lowest BCUT2D eigenvalue weighted by molar-refractivity contribution is -0.136. The molecule has 2 heterocycles. The van der Waals surface area contributed by atoms with Crippen LogP contribution >= 0.6 is 0 Å². The third-order valence-corrected chi connectivity index (χ3v) is 4.60. The molecule has 1 aromatic carbocycles. The SMILES string of the molecule is N[C@H](CO)CNCc1cccc2c1C(=O)N(C1CCC(=O)NC1=O)C2. The van der Waals surface area contributed by atoms with E-state index in [1.54, 1.807) is 0 Å². The second-order valence-electron chi connectivity index (χ2n) is 6.42. The van der Waals surface area contributed by atoms with Crippen LogP contribution in [0.25, 0.3) is 0 Å². The van der Waals surface area contributed by atoms with Crippen molar-refractivity contribution in [3.63, 3.8) is 0 Å². The number of aliphatic hydroxyl groups is 1. The van der Waals surface area contributed by atoms with Crippen molar-refractivity contribution in [2.24, 2.45) is 5.73 Å². The Morgan fingerprint density at radius 1 is 1.36 bits per heavy atom. The molecule has 3 amide bonds. The van der Waals surface area contributed by atoms with E-state index in [-0.39, 0.29) is 30.9 Å². The zero-order valence-electron chi connectivity index (χ0n) is 13.8. The Hall–Kier alpha value is -2.29. The van der Waals surface area contributed by atoms with Gasteiger partial charge in [0.25, 0.3) is 5.91 Å². The maximum Gasteiger partial charge on any atom is 0.255 e. The smallest absolute Gasteiger partial charge is 0.255 e. The highest BCUT2D eigenvalue weighted by atomic mass is 16.3. The van der Waals surface area contributed by atoms with Gasteiger partial charge in [-0.3, -0.25) is 19.7 Å². The van der Waals surface area contributed by atoms with Crippen LogP contribution < -0.4 is 16.4 Å². The molecule has 1 unspecified atom stereocenters. The molecule has 0 aliphatic carbocycles. The van der Waals surface area contributed by atoms with Crippen molar-refractivity contribution in [2.45, 2.75) is 38.0 Å². The molecule has 134 valence electrons. The molecule has 0 aromatic heterocycles. The molecule has 0 spiro atoms. The molecule has 8 nitrogen and oxygen atoms in total. The van der Waals surface area contributed by atoms with Crippen LogP contribution in [0.1, 0.15) is 34.3 Å². The number of aliphatic hydroxyl groups excluding tert-OH is 1. The topological polar surface area (TPSA) is 125 Å². The Morgan fingerprint density at radius 3 is 2.88 bits per heavy atom. The first-order chi connectivity index (χ1) is 12.0. The van der Waals surface area contributed by atoms with Gasteiger partial charge in [0.2, 0.25) is 11.8 Å². The molecule has 8 heteroatoms. The fourth-order valence-electron chi connectivity index (χ4n) is 3.29. The second kappa shape index (κ2) is 7.30. The first-order valence-corrected chi connectivity index (χ1v) is 8.34. The Bertz CT molecular complexity index is 706. The number of imide groups is 1. The maximum absolute atomic E-state index is 12.9. The van der Waals surface area contributed by atoms with Gasteiger partial charge in [0.1, 0.15) is 6.04 Å². The van der Waals surface area contributed by atoms with Gasteiger partial charge < -0.3 is 21.1 Å². The monoisotopic (exact) mass is 346 g/mol. The number of carbonyl (C=O) groups is 3. The number of nitrogens with zero attached hydrogens (tertiary/aromatic N) is 1. The van der Waals surface area contributed by atoms with Gasteiger partial charge in [-0.25, -0.2) is 0 Å². The minimum atomic E-state index is -0.610. The first kappa shape index (κ1) is 17.5. The number of benzene rings is 1. The summed E-state index contributed by atoms with van der Waals surface area (Å²) < 4.78 is 0. The molecule has 0 radical (unpaired) electrons. The van der Waals surface area contributed by atoms with Crippen LogP contribution in [0.4, 0.5) is 0 Å². The van der Waals surface area contributed by atoms with Gasteiger partial charge in [-0.1, -0.05) is 18.2 Å². The largest absolute Gasteiger partial charge is 0.395 e. The van der Waals surface area contributed by atoms with E-state index in [1.807, 2.05) is 18.2 Å². The summed E-state index contributed by atoms with van der Waals surface area (Å²) in [6.07, 6.45) is 0.591. The molecule has 0 saturated carbocycles. The van der Waals surface area contributed by atoms with Crippen LogP contribution in [0.15, 0.2) is 18.2 Å². The van der Waals surface area contributed by atoms with E-state index < -0.39 is 11.9 Å². The summed E-state index contributed by atoms with van der Waals surface area (Å²) in [7, 11) is 0. The van der Waals surface area contributed by atoms with Crippen molar-refractivity contribution in [1.29, 1.82) is 0 Å². The molecule has 1 fully saturated rings. The van der Waals surface area contributed by atoms with Crippen molar-refractivity contribution in [3.8, 4) is 0 Å². The van der Waals surface area contributed by atoms with Crippen LogP contribution in [-0.2, 0) is 22.7 Å². The molecule has 1 saturated heterocycles. The van der Waals surface area contributed by atoms with E-state index in [0.29, 0.717) is 31.6 Å². The molecule has 2 aliphatic heterocycles. The third-order valence-electron chi connectivity index (χ3n) is 4.60. The summed E-state index contributed by atoms with van der Waals surface area (Å²) in [5.74, 6) is -0.894. The summed E-state index contributed by atoms with van der Waals surface area (Å²) in [6.45, 7) is 1.14. The number of piperidine rings is 1. The van der Waals surface area contributed by atoms with Crippen LogP contribution in [-0.4, -0.2) is 53.0 Å². The van der Waals surface area contributed by atoms with Crippen molar-refractivity contribution in [1.82, 2.24) is 15.5 Å². The van der Waals surface area contributed by atoms with Gasteiger partial charge in [0.15, 0.2) is 0 Å². The highest BCUT2D eigenvalue weighted by Gasteiger charge is 2.39. The number of rotatable bonds is 6. The minimum absolute atomic E-state index is 0.109. The fraction of sp³-hybridized carbons (Fsp3) is 0.471. The Balaban J connectivity index is 1.74. The minimum Gasteiger partial charge on any atom is -0.395 e. The quantitative estimate of drug-likeness (QED) is 0.483.